The molecule has 4 rings (SSSR count). The summed E-state index contributed by atoms with van der Waals surface area (Å²) in [4.78, 5) is 11.5. The largest absolute Gasteiger partial charge is 0.508 e. The van der Waals surface area contributed by atoms with Crippen LogP contribution >= 0.6 is 0 Å². The number of esters is 1. The van der Waals surface area contributed by atoms with Crippen LogP contribution in [-0.4, -0.2) is 23.3 Å². The number of benzene rings is 4. The Labute approximate surface area is 282 Å². The Morgan fingerprint density at radius 1 is 0.617 bits per heavy atom. The van der Waals surface area contributed by atoms with E-state index in [1.165, 1.54) is 11.1 Å². The molecule has 0 aromatic heterocycles. The first-order chi connectivity index (χ1) is 21.9. The van der Waals surface area contributed by atoms with Crippen LogP contribution in [0, 0.1) is 17.3 Å². The van der Waals surface area contributed by atoms with Gasteiger partial charge in [0.2, 0.25) is 0 Å². The summed E-state index contributed by atoms with van der Waals surface area (Å²) < 4.78 is 17.2. The van der Waals surface area contributed by atoms with Crippen LogP contribution in [0.1, 0.15) is 87.3 Å². The quantitative estimate of drug-likeness (QED) is 0.138. The Balaban J connectivity index is 0.000000274. The molecule has 0 saturated carbocycles. The number of phenols is 1. The molecule has 0 heterocycles. The molecule has 0 aliphatic heterocycles. The van der Waals surface area contributed by atoms with Crippen LogP contribution in [0.15, 0.2) is 97.1 Å². The van der Waals surface area contributed by atoms with E-state index >= 15 is 0 Å². The Morgan fingerprint density at radius 2 is 1.04 bits per heavy atom. The lowest BCUT2D eigenvalue weighted by molar-refractivity contribution is -0.137. The van der Waals surface area contributed by atoms with E-state index in [-0.39, 0.29) is 34.1 Å². The summed E-state index contributed by atoms with van der Waals surface area (Å²) in [5, 5.41) is 9.24. The van der Waals surface area contributed by atoms with E-state index < -0.39 is 0 Å². The van der Waals surface area contributed by atoms with Crippen LogP contribution in [0.5, 0.6) is 23.0 Å². The van der Waals surface area contributed by atoms with Gasteiger partial charge in [0.05, 0.1) is 12.5 Å². The first-order valence-electron chi connectivity index (χ1n) is 16.5. The van der Waals surface area contributed by atoms with Gasteiger partial charge >= 0.3 is 5.97 Å². The summed E-state index contributed by atoms with van der Waals surface area (Å²) in [6, 6.07) is 31.2. The smallest absolute Gasteiger partial charge is 0.313 e. The molecule has 5 heteroatoms. The van der Waals surface area contributed by atoms with E-state index in [4.69, 9.17) is 14.2 Å². The molecule has 0 radical (unpaired) electrons. The van der Waals surface area contributed by atoms with Crippen molar-refractivity contribution in [3.63, 3.8) is 0 Å². The zero-order valence-corrected chi connectivity index (χ0v) is 30.2. The third-order valence-electron chi connectivity index (χ3n) is 8.49. The zero-order valence-electron chi connectivity index (χ0n) is 30.2. The van der Waals surface area contributed by atoms with Crippen LogP contribution in [0.2, 0.25) is 0 Å². The number of carbonyl (C=O) groups excluding carboxylic acids is 1. The fraction of sp³-hybridized carbons (Fsp3) is 0.405. The maximum atomic E-state index is 11.5. The lowest BCUT2D eigenvalue weighted by atomic mass is 9.78. The molecule has 0 amide bonds. The van der Waals surface area contributed by atoms with Crippen LogP contribution in [0.25, 0.3) is 11.1 Å². The molecule has 0 spiro atoms. The molecule has 0 aliphatic carbocycles. The number of hydrogen-bond acceptors (Lipinski definition) is 5. The predicted molar refractivity (Wildman–Crippen MR) is 194 cm³/mol. The Hall–Kier alpha value is -4.25. The number of hydrogen-bond donors (Lipinski definition) is 1. The molecule has 4 aromatic carbocycles. The van der Waals surface area contributed by atoms with E-state index in [0.717, 1.165) is 29.2 Å². The second-order valence-electron chi connectivity index (χ2n) is 15.0. The monoisotopic (exact) mass is 638 g/mol. The third-order valence-corrected chi connectivity index (χ3v) is 8.49. The highest BCUT2D eigenvalue weighted by Gasteiger charge is 2.25. The second kappa shape index (κ2) is 15.6. The highest BCUT2D eigenvalue weighted by atomic mass is 16.5. The summed E-state index contributed by atoms with van der Waals surface area (Å²) in [7, 11) is 0. The topological polar surface area (TPSA) is 65.0 Å². The average Bonchev–Trinajstić information content (AvgIpc) is 3.01. The minimum absolute atomic E-state index is 0.0873. The van der Waals surface area contributed by atoms with E-state index in [1.807, 2.05) is 24.3 Å². The fourth-order valence-electron chi connectivity index (χ4n) is 4.47. The first kappa shape index (κ1) is 37.2. The van der Waals surface area contributed by atoms with Crippen molar-refractivity contribution < 1.29 is 24.1 Å². The molecule has 0 atom stereocenters. The van der Waals surface area contributed by atoms with Gasteiger partial charge in [-0.1, -0.05) is 104 Å². The van der Waals surface area contributed by atoms with Gasteiger partial charge < -0.3 is 19.3 Å². The molecule has 0 unspecified atom stereocenters. The second-order valence-corrected chi connectivity index (χ2v) is 15.0. The van der Waals surface area contributed by atoms with Crippen molar-refractivity contribution in [1.29, 1.82) is 0 Å². The van der Waals surface area contributed by atoms with Gasteiger partial charge in [-0.3, -0.25) is 4.79 Å². The molecular weight excluding hydrogens is 584 g/mol. The van der Waals surface area contributed by atoms with Crippen molar-refractivity contribution in [3.8, 4) is 34.1 Å². The number of phenolic OH excluding ortho intramolecular Hbond substituents is 1. The summed E-state index contributed by atoms with van der Waals surface area (Å²) in [6.45, 7) is 24.0. The normalized spacial score (nSPS) is 11.9. The molecule has 0 bridgehead atoms. The third kappa shape index (κ3) is 11.2. The summed E-state index contributed by atoms with van der Waals surface area (Å²) >= 11 is 0. The van der Waals surface area contributed by atoms with Crippen molar-refractivity contribution in [2.45, 2.75) is 87.2 Å². The van der Waals surface area contributed by atoms with E-state index in [9.17, 15) is 9.90 Å². The molecule has 47 heavy (non-hydrogen) atoms. The van der Waals surface area contributed by atoms with Gasteiger partial charge in [0.1, 0.15) is 28.6 Å². The lowest BCUT2D eigenvalue weighted by Crippen LogP contribution is -2.27. The van der Waals surface area contributed by atoms with Crippen LogP contribution in [-0.2, 0) is 10.2 Å². The molecular formula is C42H54O5. The maximum Gasteiger partial charge on any atom is 0.313 e. The predicted octanol–water partition coefficient (Wildman–Crippen LogP) is 10.9. The fourth-order valence-corrected chi connectivity index (χ4v) is 4.47. The Bertz CT molecular complexity index is 1540. The van der Waals surface area contributed by atoms with Gasteiger partial charge in [-0.05, 0) is 97.5 Å². The van der Waals surface area contributed by atoms with Gasteiger partial charge in [0.25, 0.3) is 0 Å². The molecule has 1 N–H and O–H groups in total. The Kier molecular flexibility index (Phi) is 12.3. The summed E-state index contributed by atoms with van der Waals surface area (Å²) in [6.07, 6.45) is 0. The summed E-state index contributed by atoms with van der Waals surface area (Å²) in [5.41, 5.74) is 4.43. The summed E-state index contributed by atoms with van der Waals surface area (Å²) in [5.74, 6) is 2.82. The van der Waals surface area contributed by atoms with Crippen molar-refractivity contribution in [3.05, 3.63) is 108 Å². The molecule has 0 saturated heterocycles. The minimum Gasteiger partial charge on any atom is -0.508 e. The van der Waals surface area contributed by atoms with Gasteiger partial charge in [0.15, 0.2) is 0 Å². The number of rotatable bonds is 10. The molecule has 5 nitrogen and oxygen atoms in total. The number of ether oxygens (including phenoxy) is 3. The van der Waals surface area contributed by atoms with Crippen molar-refractivity contribution in [1.82, 2.24) is 0 Å². The van der Waals surface area contributed by atoms with Crippen LogP contribution in [0.3, 0.4) is 0 Å². The number of carbonyl (C=O) groups is 1. The molecule has 0 aliphatic rings. The lowest BCUT2D eigenvalue weighted by Gasteiger charge is -2.29. The van der Waals surface area contributed by atoms with Gasteiger partial charge in [0, 0.05) is 10.8 Å². The van der Waals surface area contributed by atoms with Crippen molar-refractivity contribution >= 4 is 5.97 Å². The van der Waals surface area contributed by atoms with Crippen molar-refractivity contribution in [2.75, 3.05) is 6.61 Å². The molecule has 4 aromatic rings. The van der Waals surface area contributed by atoms with Gasteiger partial charge in [-0.2, -0.15) is 0 Å². The minimum atomic E-state index is -0.239. The van der Waals surface area contributed by atoms with Crippen LogP contribution in [0.4, 0.5) is 0 Å². The zero-order chi connectivity index (χ0) is 35.0. The van der Waals surface area contributed by atoms with E-state index in [1.54, 1.807) is 38.1 Å². The molecule has 0 fully saturated rings. The highest BCUT2D eigenvalue weighted by Crippen LogP contribution is 2.34. The van der Waals surface area contributed by atoms with Crippen LogP contribution < -0.4 is 14.2 Å². The number of aromatic hydroxyl groups is 1. The SMILES string of the molecule is CC(C)C(=O)Oc1ccc(-c2ccc(O)cc2)cc1.CC(C)C(C)(C)COc1ccc(C(C)(C)c2ccc(OC(C)(C)C)cc2)cc1. The highest BCUT2D eigenvalue weighted by molar-refractivity contribution is 5.74. The standard InChI is InChI=1S/C26H38O2.C16H16O3/c1-19(2)25(6,7)18-27-22-14-10-20(11-15-22)26(8,9)21-12-16-23(17-13-21)28-24(3,4)5;1-11(2)16(18)19-15-9-5-13(6-10-15)12-3-7-14(17)8-4-12/h10-17,19H,18H2,1-9H3;3-11,17H,1-2H3. The van der Waals surface area contributed by atoms with Gasteiger partial charge in [-0.25, -0.2) is 0 Å². The Morgan fingerprint density at radius 3 is 1.47 bits per heavy atom. The average molecular weight is 639 g/mol. The maximum absolute atomic E-state index is 11.5. The first-order valence-corrected chi connectivity index (χ1v) is 16.5. The van der Waals surface area contributed by atoms with E-state index in [2.05, 4.69) is 111 Å². The molecule has 252 valence electrons. The van der Waals surface area contributed by atoms with Gasteiger partial charge in [-0.15, -0.1) is 0 Å². The van der Waals surface area contributed by atoms with E-state index in [0.29, 0.717) is 11.7 Å². The van der Waals surface area contributed by atoms with Crippen molar-refractivity contribution in [2.24, 2.45) is 17.3 Å².